The minimum atomic E-state index is 0.756. The molecule has 0 aromatic heterocycles. The summed E-state index contributed by atoms with van der Waals surface area (Å²) < 4.78 is 0. The maximum atomic E-state index is 4.13. The van der Waals surface area contributed by atoms with Crippen LogP contribution in [0.15, 0.2) is 29.2 Å². The summed E-state index contributed by atoms with van der Waals surface area (Å²) in [4.78, 5) is 6.12. The third kappa shape index (κ3) is 2.50. The van der Waals surface area contributed by atoms with Crippen molar-refractivity contribution in [2.75, 3.05) is 20.6 Å². The largest absolute Gasteiger partial charge is 0.356 e. The van der Waals surface area contributed by atoms with Gasteiger partial charge in [-0.25, -0.2) is 4.99 Å². The average Bonchev–Trinajstić information content (AvgIpc) is 2.15. The van der Waals surface area contributed by atoms with E-state index in [4.69, 9.17) is 0 Å². The van der Waals surface area contributed by atoms with Crippen molar-refractivity contribution in [3.05, 3.63) is 24.2 Å². The average molecular weight is 180 g/mol. The Morgan fingerprint density at radius 2 is 2.23 bits per heavy atom. The zero-order valence-electron chi connectivity index (χ0n) is 8.41. The second kappa shape index (κ2) is 3.98. The van der Waals surface area contributed by atoms with E-state index < -0.39 is 0 Å². The molecule has 72 valence electrons. The first-order chi connectivity index (χ1) is 6.11. The summed E-state index contributed by atoms with van der Waals surface area (Å²) in [5.74, 6) is 0.756. The molecule has 1 heterocycles. The van der Waals surface area contributed by atoms with Gasteiger partial charge in [-0.05, 0) is 13.0 Å². The van der Waals surface area contributed by atoms with Gasteiger partial charge in [0.25, 0.3) is 0 Å². The van der Waals surface area contributed by atoms with Crippen molar-refractivity contribution in [2.45, 2.75) is 6.92 Å². The molecule has 0 bridgehead atoms. The number of hydrogen-bond acceptors (Lipinski definition) is 4. The number of hydrogen-bond donors (Lipinski definition) is 1. The fourth-order valence-corrected chi connectivity index (χ4v) is 0.902. The summed E-state index contributed by atoms with van der Waals surface area (Å²) >= 11 is 0. The maximum Gasteiger partial charge on any atom is 0.123 e. The number of nitrogens with zero attached hydrogens (tertiary/aromatic N) is 3. The number of aliphatic imine (C=N–C) groups is 1. The number of nitrogens with one attached hydrogen (secondary N) is 1. The summed E-state index contributed by atoms with van der Waals surface area (Å²) in [5, 5.41) is 1.91. The smallest absolute Gasteiger partial charge is 0.123 e. The minimum Gasteiger partial charge on any atom is -0.356 e. The first kappa shape index (κ1) is 9.64. The Labute approximate surface area is 79.2 Å². The Kier molecular flexibility index (Phi) is 2.95. The van der Waals surface area contributed by atoms with Gasteiger partial charge in [0.05, 0.1) is 0 Å². The van der Waals surface area contributed by atoms with Crippen LogP contribution in [0.2, 0.25) is 0 Å². The van der Waals surface area contributed by atoms with Gasteiger partial charge in [-0.2, -0.15) is 0 Å². The molecule has 0 atom stereocenters. The van der Waals surface area contributed by atoms with Gasteiger partial charge in [-0.3, -0.25) is 10.4 Å². The quantitative estimate of drug-likeness (QED) is 0.597. The van der Waals surface area contributed by atoms with Gasteiger partial charge < -0.3 is 4.90 Å². The van der Waals surface area contributed by atoms with Crippen LogP contribution in [0.4, 0.5) is 0 Å². The van der Waals surface area contributed by atoms with Crippen molar-refractivity contribution >= 4 is 6.34 Å². The molecule has 0 aliphatic carbocycles. The van der Waals surface area contributed by atoms with E-state index in [0.29, 0.717) is 0 Å². The molecule has 0 saturated heterocycles. The lowest BCUT2D eigenvalue weighted by atomic mass is 10.4. The van der Waals surface area contributed by atoms with Crippen LogP contribution in [0.1, 0.15) is 6.92 Å². The van der Waals surface area contributed by atoms with Gasteiger partial charge in [-0.15, -0.1) is 0 Å². The minimum absolute atomic E-state index is 0.756. The number of rotatable bonds is 0. The lowest BCUT2D eigenvalue weighted by molar-refractivity contribution is 0.375. The van der Waals surface area contributed by atoms with E-state index in [0.717, 1.165) is 18.1 Å². The lowest BCUT2D eigenvalue weighted by Gasteiger charge is -2.18. The Hall–Kier alpha value is -1.45. The molecule has 0 unspecified atom stereocenters. The molecule has 0 amide bonds. The second-order valence-electron chi connectivity index (χ2n) is 3.09. The summed E-state index contributed by atoms with van der Waals surface area (Å²) in [7, 11) is 3.92. The van der Waals surface area contributed by atoms with E-state index in [2.05, 4.69) is 23.1 Å². The van der Waals surface area contributed by atoms with E-state index in [1.165, 1.54) is 0 Å². The molecule has 0 radical (unpaired) electrons. The molecule has 0 fully saturated rings. The van der Waals surface area contributed by atoms with Crippen LogP contribution in [-0.2, 0) is 0 Å². The molecule has 0 aromatic rings. The summed E-state index contributed by atoms with van der Waals surface area (Å²) in [6.45, 7) is 6.70. The van der Waals surface area contributed by atoms with Crippen molar-refractivity contribution in [1.82, 2.24) is 15.3 Å². The first-order valence-corrected chi connectivity index (χ1v) is 4.20. The molecule has 0 spiro atoms. The maximum absolute atomic E-state index is 4.13. The van der Waals surface area contributed by atoms with Gasteiger partial charge in [0.1, 0.15) is 12.2 Å². The van der Waals surface area contributed by atoms with Crippen LogP contribution in [0, 0.1) is 0 Å². The van der Waals surface area contributed by atoms with E-state index >= 15 is 0 Å². The Morgan fingerprint density at radius 3 is 2.92 bits per heavy atom. The van der Waals surface area contributed by atoms with Gasteiger partial charge in [-0.1, -0.05) is 6.58 Å². The highest BCUT2D eigenvalue weighted by Gasteiger charge is 2.02. The highest BCUT2D eigenvalue weighted by atomic mass is 15.5. The third-order valence-corrected chi connectivity index (χ3v) is 2.10. The van der Waals surface area contributed by atoms with Crippen LogP contribution in [0.25, 0.3) is 0 Å². The molecular weight excluding hydrogens is 164 g/mol. The number of allylic oxidation sites excluding steroid dienone is 1. The standard InChI is InChI=1S/C9H16N4/c1-8-5-6-12(3)9(2)10-7-11-13(8)4/h5,7H,2,6H2,1,3-4H3,(H,10,11)/b8-5+. The fourth-order valence-electron chi connectivity index (χ4n) is 0.902. The van der Waals surface area contributed by atoms with Crippen LogP contribution < -0.4 is 5.43 Å². The Balaban J connectivity index is 2.79. The zero-order chi connectivity index (χ0) is 9.84. The molecule has 1 aliphatic heterocycles. The SMILES string of the molecule is C=C1/N=C/NN(C)/C(C)=C/CN1C. The van der Waals surface area contributed by atoms with Gasteiger partial charge in [0.2, 0.25) is 0 Å². The van der Waals surface area contributed by atoms with Crippen molar-refractivity contribution in [3.63, 3.8) is 0 Å². The predicted molar refractivity (Wildman–Crippen MR) is 54.9 cm³/mol. The molecule has 1 aliphatic rings. The van der Waals surface area contributed by atoms with Crippen LogP contribution in [0.3, 0.4) is 0 Å². The molecule has 0 saturated carbocycles. The Morgan fingerprint density at radius 1 is 1.54 bits per heavy atom. The predicted octanol–water partition coefficient (Wildman–Crippen LogP) is 0.771. The van der Waals surface area contributed by atoms with Crippen molar-refractivity contribution in [1.29, 1.82) is 0 Å². The molecular formula is C9H16N4. The monoisotopic (exact) mass is 180 g/mol. The summed E-state index contributed by atoms with van der Waals surface area (Å²) in [5.41, 5.74) is 4.17. The molecule has 4 nitrogen and oxygen atoms in total. The van der Waals surface area contributed by atoms with Crippen LogP contribution in [-0.4, -0.2) is 36.9 Å². The molecule has 4 heteroatoms. The highest BCUT2D eigenvalue weighted by molar-refractivity contribution is 5.55. The third-order valence-electron chi connectivity index (χ3n) is 2.10. The van der Waals surface area contributed by atoms with Crippen LogP contribution in [0.5, 0.6) is 0 Å². The molecule has 13 heavy (non-hydrogen) atoms. The zero-order valence-corrected chi connectivity index (χ0v) is 8.41. The second-order valence-corrected chi connectivity index (χ2v) is 3.09. The van der Waals surface area contributed by atoms with Gasteiger partial charge >= 0.3 is 0 Å². The fraction of sp³-hybridized carbons (Fsp3) is 0.444. The number of hydrazine groups is 1. The van der Waals surface area contributed by atoms with Crippen molar-refractivity contribution in [2.24, 2.45) is 4.99 Å². The van der Waals surface area contributed by atoms with Gasteiger partial charge in [0, 0.05) is 26.3 Å². The number of likely N-dealkylation sites (N-methyl/N-ethyl adjacent to an activating group) is 1. The lowest BCUT2D eigenvalue weighted by Crippen LogP contribution is -2.31. The van der Waals surface area contributed by atoms with Crippen LogP contribution >= 0.6 is 0 Å². The van der Waals surface area contributed by atoms with E-state index in [9.17, 15) is 0 Å². The Bertz CT molecular complexity index is 254. The highest BCUT2D eigenvalue weighted by Crippen LogP contribution is 2.03. The summed E-state index contributed by atoms with van der Waals surface area (Å²) in [6, 6.07) is 0. The van der Waals surface area contributed by atoms with E-state index in [1.54, 1.807) is 6.34 Å². The molecule has 1 N–H and O–H groups in total. The van der Waals surface area contributed by atoms with Gasteiger partial charge in [0.15, 0.2) is 0 Å². The normalized spacial score (nSPS) is 25.2. The van der Waals surface area contributed by atoms with E-state index in [1.807, 2.05) is 30.9 Å². The first-order valence-electron chi connectivity index (χ1n) is 4.20. The summed E-state index contributed by atoms with van der Waals surface area (Å²) in [6.07, 6.45) is 3.76. The van der Waals surface area contributed by atoms with E-state index in [-0.39, 0.29) is 0 Å². The molecule has 1 rings (SSSR count). The van der Waals surface area contributed by atoms with Crippen molar-refractivity contribution < 1.29 is 0 Å². The molecule has 0 aromatic carbocycles. The van der Waals surface area contributed by atoms with Crippen molar-refractivity contribution in [3.8, 4) is 0 Å². The topological polar surface area (TPSA) is 30.9 Å².